The average molecular weight is 434 g/mol. The third-order valence-electron chi connectivity index (χ3n) is 5.76. The molecule has 0 spiro atoms. The summed E-state index contributed by atoms with van der Waals surface area (Å²) in [4.78, 5) is 4.36. The highest BCUT2D eigenvalue weighted by atomic mass is 32.2. The lowest BCUT2D eigenvalue weighted by atomic mass is 10.2. The van der Waals surface area contributed by atoms with Crippen LogP contribution in [0.5, 0.6) is 0 Å². The van der Waals surface area contributed by atoms with Gasteiger partial charge in [0, 0.05) is 39.3 Å². The van der Waals surface area contributed by atoms with Crippen LogP contribution in [-0.2, 0) is 15.8 Å². The third kappa shape index (κ3) is 5.07. The molecular weight excluding hydrogens is 405 g/mol. The molecule has 0 saturated carbocycles. The van der Waals surface area contributed by atoms with Gasteiger partial charge in [0.15, 0.2) is 11.6 Å². The molecular formula is C21H28FN5O2S. The Labute approximate surface area is 177 Å². The highest BCUT2D eigenvalue weighted by Gasteiger charge is 2.28. The Bertz CT molecular complexity index is 938. The van der Waals surface area contributed by atoms with E-state index in [9.17, 15) is 12.8 Å². The summed E-state index contributed by atoms with van der Waals surface area (Å²) >= 11 is 0. The number of benzene rings is 1. The van der Waals surface area contributed by atoms with Crippen molar-refractivity contribution in [3.8, 4) is 0 Å². The molecule has 0 unspecified atom stereocenters. The molecule has 0 bridgehead atoms. The second kappa shape index (κ2) is 9.26. The minimum atomic E-state index is -3.49. The van der Waals surface area contributed by atoms with Gasteiger partial charge in [-0.2, -0.15) is 4.31 Å². The highest BCUT2D eigenvalue weighted by Crippen LogP contribution is 2.21. The summed E-state index contributed by atoms with van der Waals surface area (Å²) < 4.78 is 40.3. The zero-order valence-corrected chi connectivity index (χ0v) is 17.9. The second-order valence-electron chi connectivity index (χ2n) is 7.92. The maximum absolute atomic E-state index is 13.4. The Hall–Kier alpha value is -2.26. The molecule has 0 amide bonds. The smallest absolute Gasteiger partial charge is 0.218 e. The molecule has 0 radical (unpaired) electrons. The highest BCUT2D eigenvalue weighted by molar-refractivity contribution is 7.88. The van der Waals surface area contributed by atoms with Crippen LogP contribution in [0.15, 0.2) is 36.4 Å². The number of nitrogens with zero attached hydrogens (tertiary/aromatic N) is 5. The SMILES string of the molecule is O=S(=O)(Cc1cccc(F)c1)N1CCN(c2ccc(N3CCCCCC3)nn2)CC1. The Balaban J connectivity index is 1.34. The molecule has 4 rings (SSSR count). The van der Waals surface area contributed by atoms with Crippen LogP contribution < -0.4 is 9.80 Å². The number of halogens is 1. The summed E-state index contributed by atoms with van der Waals surface area (Å²) in [6.45, 7) is 3.92. The monoisotopic (exact) mass is 433 g/mol. The molecule has 2 aliphatic rings. The molecule has 1 aromatic carbocycles. The van der Waals surface area contributed by atoms with Crippen LogP contribution in [0.2, 0.25) is 0 Å². The maximum atomic E-state index is 13.4. The quantitative estimate of drug-likeness (QED) is 0.722. The van der Waals surface area contributed by atoms with Gasteiger partial charge >= 0.3 is 0 Å². The first-order valence-electron chi connectivity index (χ1n) is 10.6. The van der Waals surface area contributed by atoms with Crippen LogP contribution in [-0.4, -0.2) is 62.2 Å². The first kappa shape index (κ1) is 21.0. The van der Waals surface area contributed by atoms with Gasteiger partial charge in [-0.1, -0.05) is 25.0 Å². The van der Waals surface area contributed by atoms with E-state index < -0.39 is 15.8 Å². The summed E-state index contributed by atoms with van der Waals surface area (Å²) in [5.41, 5.74) is 0.465. The summed E-state index contributed by atoms with van der Waals surface area (Å²) in [6, 6.07) is 9.75. The second-order valence-corrected chi connectivity index (χ2v) is 9.89. The Morgan fingerprint density at radius 1 is 0.800 bits per heavy atom. The molecule has 0 atom stereocenters. The zero-order chi connectivity index (χ0) is 21.0. The zero-order valence-electron chi connectivity index (χ0n) is 17.1. The largest absolute Gasteiger partial charge is 0.355 e. The van der Waals surface area contributed by atoms with E-state index in [1.54, 1.807) is 6.07 Å². The van der Waals surface area contributed by atoms with E-state index in [2.05, 4.69) is 20.0 Å². The number of piperazine rings is 1. The van der Waals surface area contributed by atoms with E-state index in [4.69, 9.17) is 0 Å². The lowest BCUT2D eigenvalue weighted by Crippen LogP contribution is -2.49. The number of hydrogen-bond acceptors (Lipinski definition) is 6. The normalized spacial score (nSPS) is 19.0. The Morgan fingerprint density at radius 3 is 1.97 bits per heavy atom. The van der Waals surface area contributed by atoms with Gasteiger partial charge in [0.2, 0.25) is 10.0 Å². The molecule has 2 saturated heterocycles. The van der Waals surface area contributed by atoms with Crippen molar-refractivity contribution < 1.29 is 12.8 Å². The van der Waals surface area contributed by atoms with Gasteiger partial charge in [0.25, 0.3) is 0 Å². The molecule has 0 N–H and O–H groups in total. The Kier molecular flexibility index (Phi) is 6.48. The van der Waals surface area contributed by atoms with Crippen molar-refractivity contribution in [2.24, 2.45) is 0 Å². The summed E-state index contributed by atoms with van der Waals surface area (Å²) in [7, 11) is -3.49. The fourth-order valence-corrected chi connectivity index (χ4v) is 5.58. The fraction of sp³-hybridized carbons (Fsp3) is 0.524. The van der Waals surface area contributed by atoms with Crippen molar-refractivity contribution in [1.29, 1.82) is 0 Å². The third-order valence-corrected chi connectivity index (χ3v) is 7.61. The molecule has 0 aliphatic carbocycles. The van der Waals surface area contributed by atoms with Crippen molar-refractivity contribution in [3.63, 3.8) is 0 Å². The minimum absolute atomic E-state index is 0.185. The minimum Gasteiger partial charge on any atom is -0.355 e. The van der Waals surface area contributed by atoms with Gasteiger partial charge < -0.3 is 9.80 Å². The summed E-state index contributed by atoms with van der Waals surface area (Å²) in [6.07, 6.45) is 4.92. The topological polar surface area (TPSA) is 69.6 Å². The summed E-state index contributed by atoms with van der Waals surface area (Å²) in [5.74, 6) is 1.08. The first-order valence-corrected chi connectivity index (χ1v) is 12.2. The van der Waals surface area contributed by atoms with Crippen LogP contribution in [0.1, 0.15) is 31.2 Å². The van der Waals surface area contributed by atoms with Crippen LogP contribution >= 0.6 is 0 Å². The molecule has 7 nitrogen and oxygen atoms in total. The van der Waals surface area contributed by atoms with Gasteiger partial charge in [0.05, 0.1) is 5.75 Å². The van der Waals surface area contributed by atoms with Crippen LogP contribution in [0.25, 0.3) is 0 Å². The fourth-order valence-electron chi connectivity index (χ4n) is 4.08. The van der Waals surface area contributed by atoms with Crippen molar-refractivity contribution in [2.45, 2.75) is 31.4 Å². The molecule has 1 aromatic heterocycles. The van der Waals surface area contributed by atoms with Gasteiger partial charge in [-0.25, -0.2) is 12.8 Å². The summed E-state index contributed by atoms with van der Waals surface area (Å²) in [5, 5.41) is 8.82. The lowest BCUT2D eigenvalue weighted by molar-refractivity contribution is 0.383. The molecule has 2 aromatic rings. The van der Waals surface area contributed by atoms with Gasteiger partial charge in [-0.3, -0.25) is 0 Å². The van der Waals surface area contributed by atoms with Gasteiger partial charge in [-0.15, -0.1) is 10.2 Å². The van der Waals surface area contributed by atoms with E-state index in [0.29, 0.717) is 31.7 Å². The van der Waals surface area contributed by atoms with E-state index in [0.717, 1.165) is 24.7 Å². The predicted octanol–water partition coefficient (Wildman–Crippen LogP) is 2.65. The molecule has 9 heteroatoms. The Morgan fingerprint density at radius 2 is 1.40 bits per heavy atom. The first-order chi connectivity index (χ1) is 14.5. The van der Waals surface area contributed by atoms with Crippen molar-refractivity contribution >= 4 is 21.7 Å². The molecule has 3 heterocycles. The number of sulfonamides is 1. The molecule has 2 aliphatic heterocycles. The van der Waals surface area contributed by atoms with Crippen LogP contribution in [0.4, 0.5) is 16.0 Å². The number of rotatable bonds is 5. The average Bonchev–Trinajstić information content (AvgIpc) is 3.03. The van der Waals surface area contributed by atoms with E-state index >= 15 is 0 Å². The van der Waals surface area contributed by atoms with Crippen LogP contribution in [0.3, 0.4) is 0 Å². The standard InChI is InChI=1S/C21H28FN5O2S/c22-19-7-5-6-18(16-19)17-30(28,29)27-14-12-26(13-15-27)21-9-8-20(23-24-21)25-10-3-1-2-4-11-25/h5-9,16H,1-4,10-15,17H2. The van der Waals surface area contributed by atoms with Gasteiger partial charge in [0.1, 0.15) is 5.82 Å². The van der Waals surface area contributed by atoms with Crippen LogP contribution in [0, 0.1) is 5.82 Å². The van der Waals surface area contributed by atoms with Crippen molar-refractivity contribution in [2.75, 3.05) is 49.1 Å². The number of anilines is 2. The van der Waals surface area contributed by atoms with E-state index in [-0.39, 0.29) is 5.75 Å². The predicted molar refractivity (Wildman–Crippen MR) is 116 cm³/mol. The van der Waals surface area contributed by atoms with E-state index in [1.165, 1.54) is 48.2 Å². The number of hydrogen-bond donors (Lipinski definition) is 0. The number of aromatic nitrogens is 2. The van der Waals surface area contributed by atoms with Crippen molar-refractivity contribution in [1.82, 2.24) is 14.5 Å². The lowest BCUT2D eigenvalue weighted by Gasteiger charge is -2.34. The van der Waals surface area contributed by atoms with Crippen molar-refractivity contribution in [3.05, 3.63) is 47.8 Å². The molecule has 162 valence electrons. The molecule has 30 heavy (non-hydrogen) atoms. The maximum Gasteiger partial charge on any atom is 0.218 e. The van der Waals surface area contributed by atoms with Gasteiger partial charge in [-0.05, 0) is 42.7 Å². The van der Waals surface area contributed by atoms with E-state index in [1.807, 2.05) is 12.1 Å². The molecule has 2 fully saturated rings.